The smallest absolute Gasteiger partial charge is 0.123 e. The van der Waals surface area contributed by atoms with Gasteiger partial charge in [0.1, 0.15) is 5.82 Å². The average molecular weight is 348 g/mol. The van der Waals surface area contributed by atoms with E-state index in [0.29, 0.717) is 12.0 Å². The molecule has 1 nitrogen and oxygen atoms in total. The van der Waals surface area contributed by atoms with Gasteiger partial charge in [0, 0.05) is 10.5 Å². The average Bonchev–Trinajstić information content (AvgIpc) is 2.43. The van der Waals surface area contributed by atoms with E-state index in [-0.39, 0.29) is 5.82 Å². The summed E-state index contributed by atoms with van der Waals surface area (Å²) in [5.41, 5.74) is 2.48. The van der Waals surface area contributed by atoms with Crippen LogP contribution in [0, 0.1) is 5.82 Å². The van der Waals surface area contributed by atoms with Crippen LogP contribution in [-0.2, 0) is 6.42 Å². The number of benzene rings is 2. The zero-order chi connectivity index (χ0) is 14.7. The maximum Gasteiger partial charge on any atom is 0.123 e. The number of hydrogen-bond acceptors (Lipinski definition) is 1. The Hall–Kier alpha value is -1.19. The lowest BCUT2D eigenvalue weighted by atomic mass is 9.76. The highest BCUT2D eigenvalue weighted by atomic mass is 79.9. The van der Waals surface area contributed by atoms with Gasteiger partial charge in [-0.05, 0) is 61.1 Å². The van der Waals surface area contributed by atoms with Gasteiger partial charge in [0.05, 0.1) is 0 Å². The molecule has 1 fully saturated rings. The minimum Gasteiger partial charge on any atom is -0.314 e. The molecule has 2 aromatic carbocycles. The molecule has 0 heterocycles. The molecule has 0 saturated heterocycles. The van der Waals surface area contributed by atoms with Gasteiger partial charge in [-0.15, -0.1) is 0 Å². The Morgan fingerprint density at radius 1 is 1.10 bits per heavy atom. The van der Waals surface area contributed by atoms with Crippen molar-refractivity contribution >= 4 is 15.9 Å². The topological polar surface area (TPSA) is 12.0 Å². The van der Waals surface area contributed by atoms with Crippen LogP contribution in [0.4, 0.5) is 4.39 Å². The lowest BCUT2D eigenvalue weighted by Crippen LogP contribution is -2.41. The Morgan fingerprint density at radius 2 is 1.90 bits per heavy atom. The summed E-state index contributed by atoms with van der Waals surface area (Å²) in [6, 6.07) is 15.9. The second-order valence-electron chi connectivity index (χ2n) is 5.72. The molecule has 1 saturated carbocycles. The molecule has 0 aliphatic heterocycles. The molecule has 110 valence electrons. The fourth-order valence-corrected chi connectivity index (χ4v) is 3.57. The summed E-state index contributed by atoms with van der Waals surface area (Å²) < 4.78 is 14.3. The number of nitrogens with one attached hydrogen (secondary N) is 1. The highest BCUT2D eigenvalue weighted by Gasteiger charge is 2.30. The zero-order valence-electron chi connectivity index (χ0n) is 11.9. The van der Waals surface area contributed by atoms with Gasteiger partial charge in [-0.2, -0.15) is 0 Å². The highest BCUT2D eigenvalue weighted by Crippen LogP contribution is 2.39. The van der Waals surface area contributed by atoms with Crippen molar-refractivity contribution in [2.45, 2.75) is 31.2 Å². The van der Waals surface area contributed by atoms with E-state index >= 15 is 0 Å². The van der Waals surface area contributed by atoms with E-state index < -0.39 is 0 Å². The number of hydrogen-bond donors (Lipinski definition) is 1. The van der Waals surface area contributed by atoms with Crippen molar-refractivity contribution in [2.24, 2.45) is 0 Å². The Labute approximate surface area is 133 Å². The summed E-state index contributed by atoms with van der Waals surface area (Å²) >= 11 is 3.63. The minimum absolute atomic E-state index is 0.148. The van der Waals surface area contributed by atoms with Crippen molar-refractivity contribution in [3.8, 4) is 0 Å². The summed E-state index contributed by atoms with van der Waals surface area (Å²) in [5, 5.41) is 3.57. The maximum atomic E-state index is 13.1. The largest absolute Gasteiger partial charge is 0.314 e. The molecular weight excluding hydrogens is 329 g/mol. The summed E-state index contributed by atoms with van der Waals surface area (Å²) in [6.07, 6.45) is 3.26. The Morgan fingerprint density at radius 3 is 2.67 bits per heavy atom. The van der Waals surface area contributed by atoms with Gasteiger partial charge in [-0.25, -0.2) is 4.39 Å². The molecular formula is C18H19BrFN. The van der Waals surface area contributed by atoms with Gasteiger partial charge in [0.15, 0.2) is 0 Å². The van der Waals surface area contributed by atoms with E-state index in [1.54, 1.807) is 12.1 Å². The Balaban J connectivity index is 1.42. The van der Waals surface area contributed by atoms with Gasteiger partial charge < -0.3 is 5.32 Å². The molecule has 1 N–H and O–H groups in total. The molecule has 0 spiro atoms. The van der Waals surface area contributed by atoms with Gasteiger partial charge in [-0.1, -0.05) is 46.3 Å². The van der Waals surface area contributed by atoms with Gasteiger partial charge in [0.25, 0.3) is 0 Å². The molecule has 2 aromatic rings. The van der Waals surface area contributed by atoms with Crippen molar-refractivity contribution in [1.82, 2.24) is 5.32 Å². The lowest BCUT2D eigenvalue weighted by Gasteiger charge is -2.37. The van der Waals surface area contributed by atoms with Crippen LogP contribution in [0.2, 0.25) is 0 Å². The summed E-state index contributed by atoms with van der Waals surface area (Å²) in [7, 11) is 0. The minimum atomic E-state index is -0.148. The zero-order valence-corrected chi connectivity index (χ0v) is 13.4. The van der Waals surface area contributed by atoms with Crippen LogP contribution in [0.5, 0.6) is 0 Å². The molecule has 0 unspecified atom stereocenters. The van der Waals surface area contributed by atoms with E-state index in [2.05, 4.69) is 45.5 Å². The van der Waals surface area contributed by atoms with Crippen LogP contribution < -0.4 is 5.32 Å². The van der Waals surface area contributed by atoms with Crippen LogP contribution in [0.15, 0.2) is 53.0 Å². The van der Waals surface area contributed by atoms with Crippen LogP contribution in [-0.4, -0.2) is 12.6 Å². The first kappa shape index (κ1) is 14.7. The maximum absolute atomic E-state index is 13.1. The quantitative estimate of drug-likeness (QED) is 0.828. The van der Waals surface area contributed by atoms with E-state index in [9.17, 15) is 4.39 Å². The van der Waals surface area contributed by atoms with Gasteiger partial charge in [0.2, 0.25) is 0 Å². The first-order valence-electron chi connectivity index (χ1n) is 7.44. The van der Waals surface area contributed by atoms with Crippen molar-refractivity contribution in [3.05, 3.63) is 69.9 Å². The highest BCUT2D eigenvalue weighted by molar-refractivity contribution is 9.10. The van der Waals surface area contributed by atoms with E-state index in [1.807, 2.05) is 6.07 Å². The van der Waals surface area contributed by atoms with Crippen LogP contribution in [0.3, 0.4) is 0 Å². The molecule has 0 bridgehead atoms. The second kappa shape index (κ2) is 6.71. The van der Waals surface area contributed by atoms with E-state index in [1.165, 1.54) is 28.9 Å². The molecule has 0 aromatic heterocycles. The summed E-state index contributed by atoms with van der Waals surface area (Å²) in [6.45, 7) is 0.913. The molecule has 21 heavy (non-hydrogen) atoms. The standard InChI is InChI=1S/C18H19BrFN/c19-18-7-2-1-6-17(18)14-11-16(12-14)21-9-8-13-4-3-5-15(20)10-13/h1-7,10,14,16,21H,8-9,11-12H2. The molecule has 1 aliphatic carbocycles. The molecule has 0 atom stereocenters. The monoisotopic (exact) mass is 347 g/mol. The fraction of sp³-hybridized carbons (Fsp3) is 0.333. The first-order chi connectivity index (χ1) is 10.2. The second-order valence-corrected chi connectivity index (χ2v) is 6.58. The number of rotatable bonds is 5. The predicted molar refractivity (Wildman–Crippen MR) is 88.0 cm³/mol. The van der Waals surface area contributed by atoms with Crippen LogP contribution >= 0.6 is 15.9 Å². The summed E-state index contributed by atoms with van der Waals surface area (Å²) in [4.78, 5) is 0. The van der Waals surface area contributed by atoms with E-state index in [0.717, 1.165) is 18.5 Å². The molecule has 3 rings (SSSR count). The molecule has 3 heteroatoms. The summed E-state index contributed by atoms with van der Waals surface area (Å²) in [5.74, 6) is 0.511. The SMILES string of the molecule is Fc1cccc(CCNC2CC(c3ccccc3Br)C2)c1. The first-order valence-corrected chi connectivity index (χ1v) is 8.24. The van der Waals surface area contributed by atoms with Gasteiger partial charge in [-0.3, -0.25) is 0 Å². The van der Waals surface area contributed by atoms with Crippen molar-refractivity contribution in [1.29, 1.82) is 0 Å². The van der Waals surface area contributed by atoms with Crippen LogP contribution in [0.1, 0.15) is 29.9 Å². The fourth-order valence-electron chi connectivity index (χ4n) is 2.96. The predicted octanol–water partition coefficient (Wildman–Crippen LogP) is 4.67. The Kier molecular flexibility index (Phi) is 4.71. The third-order valence-electron chi connectivity index (χ3n) is 4.22. The van der Waals surface area contributed by atoms with Crippen molar-refractivity contribution in [2.75, 3.05) is 6.54 Å². The Bertz CT molecular complexity index is 608. The number of halogens is 2. The van der Waals surface area contributed by atoms with Gasteiger partial charge >= 0.3 is 0 Å². The van der Waals surface area contributed by atoms with Crippen molar-refractivity contribution < 1.29 is 4.39 Å². The van der Waals surface area contributed by atoms with Crippen molar-refractivity contribution in [3.63, 3.8) is 0 Å². The van der Waals surface area contributed by atoms with Crippen LogP contribution in [0.25, 0.3) is 0 Å². The normalized spacial score (nSPS) is 21.0. The molecule has 0 amide bonds. The third kappa shape index (κ3) is 3.72. The van der Waals surface area contributed by atoms with E-state index in [4.69, 9.17) is 0 Å². The molecule has 0 radical (unpaired) electrons. The third-order valence-corrected chi connectivity index (χ3v) is 4.94. The molecule has 1 aliphatic rings. The lowest BCUT2D eigenvalue weighted by molar-refractivity contribution is 0.292.